The van der Waals surface area contributed by atoms with Crippen molar-refractivity contribution in [2.45, 2.75) is 45.4 Å². The van der Waals surface area contributed by atoms with Crippen LogP contribution in [-0.4, -0.2) is 29.8 Å². The van der Waals surface area contributed by atoms with Crippen LogP contribution in [0.25, 0.3) is 0 Å². The summed E-state index contributed by atoms with van der Waals surface area (Å²) in [4.78, 5) is 21.4. The molecule has 0 aromatic rings. The van der Waals surface area contributed by atoms with E-state index in [0.717, 1.165) is 0 Å². The number of nitroso groups, excluding NO2 is 1. The maximum atomic E-state index is 10.9. The number of aliphatic hydroxyl groups excluding tert-OH is 1. The van der Waals surface area contributed by atoms with Crippen molar-refractivity contribution < 1.29 is 14.6 Å². The van der Waals surface area contributed by atoms with E-state index >= 15 is 0 Å². The molecule has 16 heavy (non-hydrogen) atoms. The molecule has 92 valence electrons. The Kier molecular flexibility index (Phi) is 7.58. The van der Waals surface area contributed by atoms with Gasteiger partial charge in [-0.15, -0.1) is 0 Å². The minimum atomic E-state index is -0.796. The third-order valence-electron chi connectivity index (χ3n) is 2.17. The van der Waals surface area contributed by atoms with E-state index in [1.807, 2.05) is 0 Å². The Morgan fingerprint density at radius 1 is 1.56 bits per heavy atom. The SMILES string of the molecule is C=C(C[C@H](CCCOC(C)O)N=O)C(C)=O. The van der Waals surface area contributed by atoms with Gasteiger partial charge in [-0.3, -0.25) is 4.79 Å². The molecule has 0 aliphatic carbocycles. The van der Waals surface area contributed by atoms with Gasteiger partial charge in [-0.2, -0.15) is 4.91 Å². The Morgan fingerprint density at radius 2 is 2.19 bits per heavy atom. The molecule has 0 fully saturated rings. The van der Waals surface area contributed by atoms with Crippen molar-refractivity contribution in [3.63, 3.8) is 0 Å². The van der Waals surface area contributed by atoms with Crippen LogP contribution in [0.1, 0.15) is 33.1 Å². The van der Waals surface area contributed by atoms with E-state index in [2.05, 4.69) is 11.8 Å². The highest BCUT2D eigenvalue weighted by Crippen LogP contribution is 2.13. The van der Waals surface area contributed by atoms with Crippen LogP contribution in [0.3, 0.4) is 0 Å². The molecule has 2 atom stereocenters. The first kappa shape index (κ1) is 14.9. The van der Waals surface area contributed by atoms with Crippen molar-refractivity contribution in [3.05, 3.63) is 17.1 Å². The largest absolute Gasteiger partial charge is 0.368 e. The van der Waals surface area contributed by atoms with Crippen LogP contribution in [0, 0.1) is 4.91 Å². The minimum Gasteiger partial charge on any atom is -0.368 e. The molecule has 0 aliphatic heterocycles. The van der Waals surface area contributed by atoms with Crippen LogP contribution in [0.4, 0.5) is 0 Å². The average molecular weight is 229 g/mol. The van der Waals surface area contributed by atoms with Crippen LogP contribution in [0.15, 0.2) is 17.3 Å². The molecule has 0 amide bonds. The molecule has 5 heteroatoms. The first-order chi connectivity index (χ1) is 7.47. The number of aliphatic hydroxyl groups is 1. The molecule has 0 spiro atoms. The van der Waals surface area contributed by atoms with Crippen molar-refractivity contribution in [1.29, 1.82) is 0 Å². The van der Waals surface area contributed by atoms with Gasteiger partial charge < -0.3 is 9.84 Å². The Morgan fingerprint density at radius 3 is 2.62 bits per heavy atom. The number of Topliss-reactive ketones (excluding diaryl/α,β-unsaturated/α-hetero) is 1. The van der Waals surface area contributed by atoms with Crippen LogP contribution in [0.2, 0.25) is 0 Å². The zero-order valence-corrected chi connectivity index (χ0v) is 9.81. The highest BCUT2D eigenvalue weighted by molar-refractivity contribution is 5.92. The number of carbonyl (C=O) groups is 1. The fourth-order valence-electron chi connectivity index (χ4n) is 1.19. The molecule has 0 heterocycles. The van der Waals surface area contributed by atoms with Crippen LogP contribution in [0.5, 0.6) is 0 Å². The fourth-order valence-corrected chi connectivity index (χ4v) is 1.19. The Hall–Kier alpha value is -1.07. The predicted molar refractivity (Wildman–Crippen MR) is 60.9 cm³/mol. The van der Waals surface area contributed by atoms with Gasteiger partial charge in [-0.05, 0) is 32.3 Å². The quantitative estimate of drug-likeness (QED) is 0.283. The molecule has 5 nitrogen and oxygen atoms in total. The van der Waals surface area contributed by atoms with Gasteiger partial charge in [0.15, 0.2) is 12.1 Å². The molecule has 0 saturated heterocycles. The van der Waals surface area contributed by atoms with Gasteiger partial charge >= 0.3 is 0 Å². The first-order valence-electron chi connectivity index (χ1n) is 5.28. The molecule has 0 bridgehead atoms. The van der Waals surface area contributed by atoms with Crippen LogP contribution < -0.4 is 0 Å². The molecule has 0 aromatic heterocycles. The summed E-state index contributed by atoms with van der Waals surface area (Å²) in [6.45, 7) is 6.89. The third-order valence-corrected chi connectivity index (χ3v) is 2.17. The normalized spacial score (nSPS) is 14.2. The molecule has 0 rings (SSSR count). The number of hydrogen-bond acceptors (Lipinski definition) is 5. The number of ketones is 1. The van der Waals surface area contributed by atoms with E-state index in [9.17, 15) is 9.70 Å². The maximum Gasteiger partial charge on any atom is 0.155 e. The summed E-state index contributed by atoms with van der Waals surface area (Å²) < 4.78 is 4.91. The van der Waals surface area contributed by atoms with Gasteiger partial charge in [0.05, 0.1) is 6.04 Å². The molecular formula is C11H19NO4. The molecule has 0 saturated carbocycles. The number of hydrogen-bond donors (Lipinski definition) is 1. The number of carbonyl (C=O) groups excluding carboxylic acids is 1. The van der Waals surface area contributed by atoms with E-state index in [1.54, 1.807) is 0 Å². The molecule has 0 aliphatic rings. The van der Waals surface area contributed by atoms with Crippen molar-refractivity contribution in [2.24, 2.45) is 5.18 Å². The zero-order valence-electron chi connectivity index (χ0n) is 9.81. The number of rotatable bonds is 9. The second kappa shape index (κ2) is 8.13. The summed E-state index contributed by atoms with van der Waals surface area (Å²) in [7, 11) is 0. The standard InChI is InChI=1S/C11H19NO4/c1-8(9(2)13)7-11(12-15)5-4-6-16-10(3)14/h10-11,14H,1,4-7H2,2-3H3/t10?,11-/m0/s1. The fraction of sp³-hybridized carbons (Fsp3) is 0.727. The molecule has 1 unspecified atom stereocenters. The van der Waals surface area contributed by atoms with E-state index in [1.165, 1.54) is 13.8 Å². The summed E-state index contributed by atoms with van der Waals surface area (Å²) >= 11 is 0. The highest BCUT2D eigenvalue weighted by Gasteiger charge is 2.12. The van der Waals surface area contributed by atoms with E-state index in [0.29, 0.717) is 31.4 Å². The van der Waals surface area contributed by atoms with E-state index in [4.69, 9.17) is 9.84 Å². The summed E-state index contributed by atoms with van der Waals surface area (Å²) in [6, 6.07) is -0.436. The van der Waals surface area contributed by atoms with Crippen molar-refractivity contribution in [2.75, 3.05) is 6.61 Å². The summed E-state index contributed by atoms with van der Waals surface area (Å²) in [5.41, 5.74) is 0.418. The smallest absolute Gasteiger partial charge is 0.155 e. The van der Waals surface area contributed by atoms with Gasteiger partial charge in [-0.1, -0.05) is 11.8 Å². The summed E-state index contributed by atoms with van der Waals surface area (Å²) in [5, 5.41) is 11.8. The van der Waals surface area contributed by atoms with Gasteiger partial charge in [0.1, 0.15) is 0 Å². The van der Waals surface area contributed by atoms with Gasteiger partial charge in [0.25, 0.3) is 0 Å². The monoisotopic (exact) mass is 229 g/mol. The maximum absolute atomic E-state index is 10.9. The Labute approximate surface area is 95.5 Å². The van der Waals surface area contributed by atoms with Crippen molar-refractivity contribution >= 4 is 5.78 Å². The lowest BCUT2D eigenvalue weighted by molar-refractivity contribution is -0.113. The lowest BCUT2D eigenvalue weighted by Crippen LogP contribution is -2.12. The van der Waals surface area contributed by atoms with Gasteiger partial charge in [0, 0.05) is 13.0 Å². The molecular weight excluding hydrogens is 210 g/mol. The Balaban J connectivity index is 3.80. The van der Waals surface area contributed by atoms with Crippen LogP contribution >= 0.6 is 0 Å². The van der Waals surface area contributed by atoms with E-state index < -0.39 is 12.3 Å². The van der Waals surface area contributed by atoms with Crippen molar-refractivity contribution in [3.8, 4) is 0 Å². The second-order valence-corrected chi connectivity index (χ2v) is 3.74. The van der Waals surface area contributed by atoms with Crippen LogP contribution in [-0.2, 0) is 9.53 Å². The topological polar surface area (TPSA) is 76.0 Å². The number of nitrogens with zero attached hydrogens (tertiary/aromatic N) is 1. The van der Waals surface area contributed by atoms with E-state index in [-0.39, 0.29) is 5.78 Å². The summed E-state index contributed by atoms with van der Waals surface area (Å²) in [5.74, 6) is -0.117. The highest BCUT2D eigenvalue weighted by atomic mass is 16.6. The zero-order chi connectivity index (χ0) is 12.6. The Bertz CT molecular complexity index is 250. The van der Waals surface area contributed by atoms with Crippen molar-refractivity contribution in [1.82, 2.24) is 0 Å². The lowest BCUT2D eigenvalue weighted by Gasteiger charge is -2.10. The van der Waals surface area contributed by atoms with Gasteiger partial charge in [0.2, 0.25) is 0 Å². The number of ether oxygens (including phenoxy) is 1. The molecule has 1 N–H and O–H groups in total. The predicted octanol–water partition coefficient (Wildman–Crippen LogP) is 1.79. The molecule has 0 radical (unpaired) electrons. The third kappa shape index (κ3) is 7.25. The lowest BCUT2D eigenvalue weighted by atomic mass is 10.0. The average Bonchev–Trinajstić information content (AvgIpc) is 2.21. The first-order valence-corrected chi connectivity index (χ1v) is 5.28. The van der Waals surface area contributed by atoms with Gasteiger partial charge in [-0.25, -0.2) is 0 Å². The second-order valence-electron chi connectivity index (χ2n) is 3.74. The summed E-state index contributed by atoms with van der Waals surface area (Å²) in [6.07, 6.45) is 0.650. The minimum absolute atomic E-state index is 0.117. The molecule has 0 aromatic carbocycles.